The van der Waals surface area contributed by atoms with Gasteiger partial charge in [-0.1, -0.05) is 97.1 Å². The van der Waals surface area contributed by atoms with Crippen LogP contribution in [0.15, 0.2) is 113 Å². The van der Waals surface area contributed by atoms with E-state index in [1.807, 2.05) is 91.0 Å². The first-order valence-electron chi connectivity index (χ1n) is 17.6. The van der Waals surface area contributed by atoms with Gasteiger partial charge in [0.05, 0.1) is 18.8 Å². The molecule has 1 aliphatic heterocycles. The van der Waals surface area contributed by atoms with Crippen LogP contribution in [0.25, 0.3) is 0 Å². The van der Waals surface area contributed by atoms with Gasteiger partial charge < -0.3 is 20.1 Å². The normalized spacial score (nSPS) is 17.1. The number of ether oxygens (including phenoxy) is 1. The van der Waals surface area contributed by atoms with Gasteiger partial charge in [0, 0.05) is 12.7 Å². The van der Waals surface area contributed by atoms with Gasteiger partial charge in [0.15, 0.2) is 9.92 Å². The first-order chi connectivity index (χ1) is 25.3. The predicted octanol–water partition coefficient (Wildman–Crippen LogP) is 6.79. The van der Waals surface area contributed by atoms with Gasteiger partial charge in [0.25, 0.3) is 0 Å². The van der Waals surface area contributed by atoms with Crippen molar-refractivity contribution in [3.8, 4) is 5.88 Å². The fourth-order valence-electron chi connectivity index (χ4n) is 7.89. The smallest absolute Gasteiger partial charge is 0.407 e. The molecule has 4 aromatic carbocycles. The van der Waals surface area contributed by atoms with E-state index in [0.717, 1.165) is 72.0 Å². The zero-order valence-corrected chi connectivity index (χ0v) is 29.6. The summed E-state index contributed by atoms with van der Waals surface area (Å²) in [6.45, 7) is 0.177. The number of likely N-dealkylation sites (N-methyl/N-ethyl adjacent to an activating group) is 1. The first-order valence-corrected chi connectivity index (χ1v) is 19.1. The molecule has 0 fully saturated rings. The third kappa shape index (κ3) is 5.86. The minimum Gasteiger partial charge on any atom is -0.475 e. The Hall–Kier alpha value is -5.62. The van der Waals surface area contributed by atoms with Crippen molar-refractivity contribution in [1.82, 2.24) is 19.4 Å². The maximum atomic E-state index is 16.1. The molecular weight excluding hydrogens is 677 g/mol. The van der Waals surface area contributed by atoms with Crippen molar-refractivity contribution in [2.45, 2.75) is 61.5 Å². The fourth-order valence-corrected chi connectivity index (χ4v) is 9.74. The van der Waals surface area contributed by atoms with Gasteiger partial charge in [-0.3, -0.25) is 0 Å². The molecule has 2 heterocycles. The number of aryl methyl sites for hydroxylation is 2. The minimum absolute atomic E-state index is 0.00664. The Balaban J connectivity index is 1.33. The van der Waals surface area contributed by atoms with Crippen LogP contribution in [0.5, 0.6) is 5.88 Å². The van der Waals surface area contributed by atoms with Crippen LogP contribution in [0.4, 0.5) is 15.3 Å². The summed E-state index contributed by atoms with van der Waals surface area (Å²) in [6, 6.07) is 30.0. The summed E-state index contributed by atoms with van der Waals surface area (Å²) < 4.78 is 31.9. The molecule has 8 rings (SSSR count). The molecule has 5 aromatic rings. The minimum atomic E-state index is -3.94. The molecule has 2 atom stereocenters. The Morgan fingerprint density at radius 2 is 1.42 bits per heavy atom. The second kappa shape index (κ2) is 13.5. The number of hydrogen-bond donors (Lipinski definition) is 3. The lowest BCUT2D eigenvalue weighted by Gasteiger charge is -2.33. The van der Waals surface area contributed by atoms with Crippen molar-refractivity contribution in [1.29, 1.82) is 0 Å². The predicted molar refractivity (Wildman–Crippen MR) is 198 cm³/mol. The van der Waals surface area contributed by atoms with E-state index in [1.54, 1.807) is 0 Å². The fraction of sp³-hybridized carbons (Fsp3) is 0.275. The Morgan fingerprint density at radius 3 is 1.94 bits per heavy atom. The van der Waals surface area contributed by atoms with Crippen LogP contribution in [-0.2, 0) is 47.7 Å². The van der Waals surface area contributed by atoms with Crippen LogP contribution in [0.3, 0.4) is 0 Å². The van der Waals surface area contributed by atoms with Crippen molar-refractivity contribution in [2.75, 3.05) is 19.0 Å². The molecule has 0 saturated heterocycles. The second-order valence-corrected chi connectivity index (χ2v) is 15.4. The summed E-state index contributed by atoms with van der Waals surface area (Å²) in [5.41, 5.74) is 6.49. The highest BCUT2D eigenvalue weighted by atomic mass is 32.2. The molecule has 1 unspecified atom stereocenters. The molecule has 0 radical (unpaired) electrons. The van der Waals surface area contributed by atoms with Gasteiger partial charge in [-0.2, -0.15) is 9.46 Å². The second-order valence-electron chi connectivity index (χ2n) is 13.6. The Bertz CT molecular complexity index is 2140. The standard InChI is InChI=1S/C40H40N6O5S/c1-45(39(48)49)32-25-46-37(51-26-32)35(24-41-46)52(50,43-38(47)42-36-33-21-11-13-27(33)23-28-14-12-22-34(28)36)44-40(29-15-5-2-6-16-29,30-17-7-3-8-18-30)31-19-9-4-10-20-31/h2-10,15-20,23-24,32H,11-14,21-22,25-26H2,1H3,(H,48,49)(H2,42,43,44,47,50)/t32-,52?/m0/s1. The van der Waals surface area contributed by atoms with Crippen LogP contribution < -0.4 is 14.8 Å². The average molecular weight is 717 g/mol. The van der Waals surface area contributed by atoms with E-state index in [1.165, 1.54) is 34.0 Å². The Kier molecular flexibility index (Phi) is 8.70. The molecule has 0 spiro atoms. The van der Waals surface area contributed by atoms with Gasteiger partial charge in [-0.25, -0.2) is 23.2 Å². The van der Waals surface area contributed by atoms with Crippen molar-refractivity contribution in [3.05, 3.63) is 142 Å². The zero-order chi connectivity index (χ0) is 35.9. The van der Waals surface area contributed by atoms with E-state index >= 15 is 4.21 Å². The van der Waals surface area contributed by atoms with Gasteiger partial charge in [0.2, 0.25) is 5.88 Å². The SMILES string of the molecule is CN(C(=O)O)[C@@H]1COc2c(S(=O)(=NC(c3ccccc3)(c3ccccc3)c3ccccc3)NC(=O)Nc3c4c(cc5c3CCC5)CCC4)cnn2C1. The molecule has 3 aliphatic rings. The maximum absolute atomic E-state index is 16.1. The monoisotopic (exact) mass is 716 g/mol. The van der Waals surface area contributed by atoms with E-state index < -0.39 is 33.6 Å². The maximum Gasteiger partial charge on any atom is 0.407 e. The van der Waals surface area contributed by atoms with Gasteiger partial charge in [-0.05, 0) is 77.5 Å². The summed E-state index contributed by atoms with van der Waals surface area (Å²) in [5.74, 6) is 0.161. The van der Waals surface area contributed by atoms with E-state index in [-0.39, 0.29) is 23.9 Å². The molecule has 3 amide bonds. The van der Waals surface area contributed by atoms with Crippen LogP contribution in [0.2, 0.25) is 0 Å². The number of carbonyl (C=O) groups excluding carboxylic acids is 1. The number of aromatic nitrogens is 2. The third-order valence-corrected chi connectivity index (χ3v) is 12.4. The molecule has 2 aliphatic carbocycles. The van der Waals surface area contributed by atoms with Crippen LogP contribution in [0, 0.1) is 0 Å². The number of amides is 3. The van der Waals surface area contributed by atoms with Crippen LogP contribution in [0.1, 0.15) is 51.8 Å². The van der Waals surface area contributed by atoms with Crippen molar-refractivity contribution in [2.24, 2.45) is 4.36 Å². The van der Waals surface area contributed by atoms with Crippen molar-refractivity contribution >= 4 is 27.7 Å². The van der Waals surface area contributed by atoms with Gasteiger partial charge in [-0.15, -0.1) is 0 Å². The lowest BCUT2D eigenvalue weighted by Crippen LogP contribution is -2.45. The summed E-state index contributed by atoms with van der Waals surface area (Å²) >= 11 is 0. The number of carbonyl (C=O) groups is 2. The van der Waals surface area contributed by atoms with Crippen LogP contribution >= 0.6 is 0 Å². The lowest BCUT2D eigenvalue weighted by molar-refractivity contribution is 0.0874. The Labute approximate surface area is 302 Å². The van der Waals surface area contributed by atoms with Crippen molar-refractivity contribution < 1.29 is 23.6 Å². The van der Waals surface area contributed by atoms with Gasteiger partial charge in [0.1, 0.15) is 17.0 Å². The molecule has 0 saturated carbocycles. The van der Waals surface area contributed by atoms with Gasteiger partial charge >= 0.3 is 12.1 Å². The van der Waals surface area contributed by atoms with E-state index in [0.29, 0.717) is 0 Å². The average Bonchev–Trinajstić information content (AvgIpc) is 3.95. The van der Waals surface area contributed by atoms with Crippen LogP contribution in [-0.4, -0.2) is 55.8 Å². The molecule has 0 bridgehead atoms. The number of urea groups is 1. The number of rotatable bonds is 8. The summed E-state index contributed by atoms with van der Waals surface area (Å²) in [5, 5.41) is 17.3. The number of fused-ring (bicyclic) bond motifs is 3. The molecule has 1 aromatic heterocycles. The molecule has 266 valence electrons. The summed E-state index contributed by atoms with van der Waals surface area (Å²) in [4.78, 5) is 27.4. The highest BCUT2D eigenvalue weighted by molar-refractivity contribution is 7.92. The highest BCUT2D eigenvalue weighted by Gasteiger charge is 2.41. The lowest BCUT2D eigenvalue weighted by atomic mass is 9.78. The molecule has 11 nitrogen and oxygen atoms in total. The first kappa shape index (κ1) is 33.5. The quantitative estimate of drug-likeness (QED) is 0.151. The summed E-state index contributed by atoms with van der Waals surface area (Å²) in [7, 11) is -2.47. The highest BCUT2D eigenvalue weighted by Crippen LogP contribution is 2.44. The molecular formula is C40H40N6O5S. The number of hydrogen-bond acceptors (Lipinski definition) is 6. The number of nitrogens with one attached hydrogen (secondary N) is 2. The third-order valence-electron chi connectivity index (χ3n) is 10.5. The van der Waals surface area contributed by atoms with E-state index in [4.69, 9.17) is 9.10 Å². The molecule has 52 heavy (non-hydrogen) atoms. The number of benzene rings is 4. The van der Waals surface area contributed by atoms with Crippen molar-refractivity contribution in [3.63, 3.8) is 0 Å². The van der Waals surface area contributed by atoms with E-state index in [2.05, 4.69) is 21.2 Å². The summed E-state index contributed by atoms with van der Waals surface area (Å²) in [6.07, 6.45) is 6.03. The number of nitrogens with zero attached hydrogens (tertiary/aromatic N) is 4. The number of anilines is 1. The molecule has 3 N–H and O–H groups in total. The Morgan fingerprint density at radius 1 is 0.885 bits per heavy atom. The number of carboxylic acid groups (broad SMARTS) is 1. The largest absolute Gasteiger partial charge is 0.475 e. The topological polar surface area (TPSA) is 138 Å². The zero-order valence-electron chi connectivity index (χ0n) is 28.8. The van der Waals surface area contributed by atoms with E-state index in [9.17, 15) is 14.7 Å². The molecule has 12 heteroatoms.